The predicted octanol–water partition coefficient (Wildman–Crippen LogP) is 4.91. The SMILES string of the molecule is O=C(c1c[nH]c2ccccc12)N(CCCN1CCOCC1)c1nc2ccc(Br)cc2s1. The molecule has 2 aromatic carbocycles. The van der Waals surface area contributed by atoms with Crippen LogP contribution in [-0.4, -0.2) is 60.2 Å². The first-order valence-electron chi connectivity index (χ1n) is 10.4. The summed E-state index contributed by atoms with van der Waals surface area (Å²) in [6.07, 6.45) is 2.69. The van der Waals surface area contributed by atoms with Crippen molar-refractivity contribution in [2.24, 2.45) is 0 Å². The Balaban J connectivity index is 1.44. The normalized spacial score (nSPS) is 15.0. The minimum Gasteiger partial charge on any atom is -0.379 e. The van der Waals surface area contributed by atoms with Gasteiger partial charge in [0.1, 0.15) is 0 Å². The molecule has 0 atom stereocenters. The summed E-state index contributed by atoms with van der Waals surface area (Å²) in [5.41, 5.74) is 2.56. The van der Waals surface area contributed by atoms with E-state index in [1.807, 2.05) is 47.5 Å². The van der Waals surface area contributed by atoms with Gasteiger partial charge in [-0.15, -0.1) is 0 Å². The van der Waals surface area contributed by atoms with Crippen LogP contribution in [-0.2, 0) is 4.74 Å². The number of benzene rings is 2. The molecular formula is C23H23BrN4O2S. The lowest BCUT2D eigenvalue weighted by Gasteiger charge is -2.27. The topological polar surface area (TPSA) is 61.5 Å². The van der Waals surface area contributed by atoms with Crippen molar-refractivity contribution in [3.63, 3.8) is 0 Å². The summed E-state index contributed by atoms with van der Waals surface area (Å²) in [6, 6.07) is 13.9. The molecule has 160 valence electrons. The van der Waals surface area contributed by atoms with E-state index in [1.165, 1.54) is 0 Å². The zero-order valence-electron chi connectivity index (χ0n) is 17.0. The lowest BCUT2D eigenvalue weighted by molar-refractivity contribution is 0.0376. The van der Waals surface area contributed by atoms with Gasteiger partial charge in [-0.1, -0.05) is 45.5 Å². The maximum atomic E-state index is 13.7. The molecule has 1 saturated heterocycles. The summed E-state index contributed by atoms with van der Waals surface area (Å²) in [6.45, 7) is 5.03. The number of carbonyl (C=O) groups is 1. The third-order valence-corrected chi connectivity index (χ3v) is 7.13. The number of halogens is 1. The first-order valence-corrected chi connectivity index (χ1v) is 12.0. The van der Waals surface area contributed by atoms with Gasteiger partial charge >= 0.3 is 0 Å². The molecule has 6 nitrogen and oxygen atoms in total. The molecule has 4 aromatic rings. The molecule has 3 heterocycles. The molecule has 0 aliphatic carbocycles. The Hall–Kier alpha value is -2.26. The first kappa shape index (κ1) is 20.6. The van der Waals surface area contributed by atoms with Crippen molar-refractivity contribution < 1.29 is 9.53 Å². The van der Waals surface area contributed by atoms with E-state index in [4.69, 9.17) is 9.72 Å². The number of aromatic amines is 1. The van der Waals surface area contributed by atoms with Crippen molar-refractivity contribution in [3.8, 4) is 0 Å². The maximum Gasteiger partial charge on any atom is 0.262 e. The summed E-state index contributed by atoms with van der Waals surface area (Å²) in [5.74, 6) is -0.0162. The third-order valence-electron chi connectivity index (χ3n) is 5.59. The van der Waals surface area contributed by atoms with Gasteiger partial charge in [-0.05, 0) is 30.7 Å². The average molecular weight is 499 g/mol. The fraction of sp³-hybridized carbons (Fsp3) is 0.304. The number of morpholine rings is 1. The van der Waals surface area contributed by atoms with E-state index in [9.17, 15) is 4.79 Å². The van der Waals surface area contributed by atoms with Crippen molar-refractivity contribution in [3.05, 3.63) is 58.7 Å². The molecule has 0 saturated carbocycles. The molecular weight excluding hydrogens is 476 g/mol. The second kappa shape index (κ2) is 9.08. The zero-order chi connectivity index (χ0) is 21.2. The van der Waals surface area contributed by atoms with Crippen LogP contribution in [0.5, 0.6) is 0 Å². The number of anilines is 1. The maximum absolute atomic E-state index is 13.7. The summed E-state index contributed by atoms with van der Waals surface area (Å²) in [5, 5.41) is 1.68. The number of nitrogens with one attached hydrogen (secondary N) is 1. The molecule has 1 aliphatic rings. The molecule has 1 N–H and O–H groups in total. The van der Waals surface area contributed by atoms with Gasteiger partial charge in [0.25, 0.3) is 5.91 Å². The highest BCUT2D eigenvalue weighted by Gasteiger charge is 2.24. The van der Waals surface area contributed by atoms with E-state index in [0.717, 1.165) is 70.0 Å². The summed E-state index contributed by atoms with van der Waals surface area (Å²) >= 11 is 5.09. The summed E-state index contributed by atoms with van der Waals surface area (Å²) in [4.78, 5) is 25.9. The second-order valence-corrected chi connectivity index (χ2v) is 9.55. The zero-order valence-corrected chi connectivity index (χ0v) is 19.4. The van der Waals surface area contributed by atoms with Crippen molar-refractivity contribution in [2.45, 2.75) is 6.42 Å². The molecule has 0 unspecified atom stereocenters. The fourth-order valence-electron chi connectivity index (χ4n) is 3.96. The number of ether oxygens (including phenoxy) is 1. The fourth-order valence-corrected chi connectivity index (χ4v) is 5.50. The summed E-state index contributed by atoms with van der Waals surface area (Å²) < 4.78 is 7.52. The highest BCUT2D eigenvalue weighted by Crippen LogP contribution is 2.32. The smallest absolute Gasteiger partial charge is 0.262 e. The number of para-hydroxylation sites is 1. The molecule has 0 spiro atoms. The number of nitrogens with zero attached hydrogens (tertiary/aromatic N) is 3. The lowest BCUT2D eigenvalue weighted by atomic mass is 10.1. The van der Waals surface area contributed by atoms with E-state index in [1.54, 1.807) is 11.3 Å². The van der Waals surface area contributed by atoms with Gasteiger partial charge in [0, 0.05) is 47.8 Å². The first-order chi connectivity index (χ1) is 15.2. The second-order valence-electron chi connectivity index (χ2n) is 7.62. The van der Waals surface area contributed by atoms with Crippen molar-refractivity contribution in [1.82, 2.24) is 14.9 Å². The van der Waals surface area contributed by atoms with Gasteiger partial charge in [0.15, 0.2) is 5.13 Å². The van der Waals surface area contributed by atoms with Crippen LogP contribution in [0.1, 0.15) is 16.8 Å². The van der Waals surface area contributed by atoms with Gasteiger partial charge in [0.05, 0.1) is 29.0 Å². The molecule has 5 rings (SSSR count). The van der Waals surface area contributed by atoms with Crippen molar-refractivity contribution in [1.29, 1.82) is 0 Å². The highest BCUT2D eigenvalue weighted by molar-refractivity contribution is 9.10. The Morgan fingerprint density at radius 2 is 2.06 bits per heavy atom. The van der Waals surface area contributed by atoms with Crippen LogP contribution < -0.4 is 4.90 Å². The number of rotatable bonds is 6. The molecule has 1 amide bonds. The third kappa shape index (κ3) is 4.39. The Morgan fingerprint density at radius 1 is 1.23 bits per heavy atom. The lowest BCUT2D eigenvalue weighted by Crippen LogP contribution is -2.39. The summed E-state index contributed by atoms with van der Waals surface area (Å²) in [7, 11) is 0. The number of hydrogen-bond donors (Lipinski definition) is 1. The minimum atomic E-state index is -0.0162. The Labute approximate surface area is 192 Å². The van der Waals surface area contributed by atoms with Crippen LogP contribution in [0, 0.1) is 0 Å². The van der Waals surface area contributed by atoms with Gasteiger partial charge < -0.3 is 9.72 Å². The van der Waals surface area contributed by atoms with Gasteiger partial charge in [-0.3, -0.25) is 14.6 Å². The minimum absolute atomic E-state index is 0.0162. The molecule has 8 heteroatoms. The molecule has 0 radical (unpaired) electrons. The number of H-pyrrole nitrogens is 1. The van der Waals surface area contributed by atoms with Crippen LogP contribution in [0.4, 0.5) is 5.13 Å². The van der Waals surface area contributed by atoms with E-state index < -0.39 is 0 Å². The van der Waals surface area contributed by atoms with Gasteiger partial charge in [-0.25, -0.2) is 4.98 Å². The van der Waals surface area contributed by atoms with E-state index in [-0.39, 0.29) is 5.91 Å². The van der Waals surface area contributed by atoms with Crippen LogP contribution in [0.15, 0.2) is 53.1 Å². The monoisotopic (exact) mass is 498 g/mol. The molecule has 31 heavy (non-hydrogen) atoms. The number of thiazole rings is 1. The number of fused-ring (bicyclic) bond motifs is 2. The highest BCUT2D eigenvalue weighted by atomic mass is 79.9. The number of amides is 1. The molecule has 0 bridgehead atoms. The number of aromatic nitrogens is 2. The number of hydrogen-bond acceptors (Lipinski definition) is 5. The standard InChI is InChI=1S/C23H23BrN4O2S/c24-16-6-7-20-21(14-16)31-23(26-20)28(9-3-8-27-10-12-30-13-11-27)22(29)18-15-25-19-5-2-1-4-17(18)19/h1-2,4-7,14-15,25H,3,8-13H2. The Kier molecular flexibility index (Phi) is 6.04. The van der Waals surface area contributed by atoms with Crippen LogP contribution in [0.2, 0.25) is 0 Å². The largest absolute Gasteiger partial charge is 0.379 e. The van der Waals surface area contributed by atoms with E-state index in [2.05, 4.69) is 31.9 Å². The Morgan fingerprint density at radius 3 is 2.94 bits per heavy atom. The molecule has 1 fully saturated rings. The average Bonchev–Trinajstić information content (AvgIpc) is 3.41. The van der Waals surface area contributed by atoms with E-state index >= 15 is 0 Å². The van der Waals surface area contributed by atoms with Crippen LogP contribution in [0.25, 0.3) is 21.1 Å². The van der Waals surface area contributed by atoms with Gasteiger partial charge in [0.2, 0.25) is 0 Å². The van der Waals surface area contributed by atoms with Gasteiger partial charge in [-0.2, -0.15) is 0 Å². The van der Waals surface area contributed by atoms with E-state index in [0.29, 0.717) is 12.1 Å². The predicted molar refractivity (Wildman–Crippen MR) is 129 cm³/mol. The van der Waals surface area contributed by atoms with Crippen molar-refractivity contribution >= 4 is 59.4 Å². The van der Waals surface area contributed by atoms with Crippen LogP contribution >= 0.6 is 27.3 Å². The van der Waals surface area contributed by atoms with Crippen LogP contribution in [0.3, 0.4) is 0 Å². The van der Waals surface area contributed by atoms with Crippen molar-refractivity contribution in [2.75, 3.05) is 44.3 Å². The molecule has 1 aliphatic heterocycles. The number of carbonyl (C=O) groups excluding carboxylic acids is 1. The quantitative estimate of drug-likeness (QED) is 0.410. The molecule has 2 aromatic heterocycles. The Bertz CT molecular complexity index is 1210.